The first-order valence-electron chi connectivity index (χ1n) is 5.81. The molecule has 0 atom stereocenters. The third kappa shape index (κ3) is 3.39. The van der Waals surface area contributed by atoms with Crippen molar-refractivity contribution in [2.24, 2.45) is 5.84 Å². The standard InChI is InChI=1S/C13H11N7S/c1-21-13-18-11(5-12(19-13)20-16)17-10-3-2-8(6-14)9(4-10)7-15/h2-5H,16H2,1H3,(H2,17,18,19,20). The molecule has 0 aliphatic carbocycles. The van der Waals surface area contributed by atoms with Gasteiger partial charge in [0.15, 0.2) is 5.16 Å². The van der Waals surface area contributed by atoms with Gasteiger partial charge in [0.25, 0.3) is 0 Å². The van der Waals surface area contributed by atoms with Crippen LogP contribution in [0.4, 0.5) is 17.3 Å². The zero-order chi connectivity index (χ0) is 15.2. The molecular formula is C13H11N7S. The Kier molecular flexibility index (Phi) is 4.57. The molecule has 0 aliphatic rings. The summed E-state index contributed by atoms with van der Waals surface area (Å²) in [6.45, 7) is 0. The second-order valence-corrected chi connectivity index (χ2v) is 4.65. The molecule has 2 aromatic rings. The van der Waals surface area contributed by atoms with Crippen LogP contribution in [0.25, 0.3) is 0 Å². The molecule has 8 heteroatoms. The Hall–Kier alpha value is -2.81. The third-order valence-corrected chi connectivity index (χ3v) is 3.12. The van der Waals surface area contributed by atoms with Crippen LogP contribution in [0.5, 0.6) is 0 Å². The minimum absolute atomic E-state index is 0.304. The molecule has 0 amide bonds. The Bertz CT molecular complexity index is 723. The number of hydrogen-bond donors (Lipinski definition) is 3. The summed E-state index contributed by atoms with van der Waals surface area (Å²) < 4.78 is 0. The topological polar surface area (TPSA) is 123 Å². The summed E-state index contributed by atoms with van der Waals surface area (Å²) in [7, 11) is 0. The highest BCUT2D eigenvalue weighted by atomic mass is 32.2. The van der Waals surface area contributed by atoms with Crippen molar-refractivity contribution in [3.63, 3.8) is 0 Å². The number of hydrazine groups is 1. The molecule has 0 saturated heterocycles. The molecule has 0 bridgehead atoms. The van der Waals surface area contributed by atoms with E-state index < -0.39 is 0 Å². The highest BCUT2D eigenvalue weighted by Crippen LogP contribution is 2.22. The van der Waals surface area contributed by atoms with E-state index in [1.807, 2.05) is 18.4 Å². The number of benzene rings is 1. The predicted molar refractivity (Wildman–Crippen MR) is 80.8 cm³/mol. The zero-order valence-corrected chi connectivity index (χ0v) is 11.9. The second kappa shape index (κ2) is 6.57. The van der Waals surface area contributed by atoms with Crippen molar-refractivity contribution in [1.29, 1.82) is 10.5 Å². The van der Waals surface area contributed by atoms with Gasteiger partial charge in [-0.2, -0.15) is 10.5 Å². The van der Waals surface area contributed by atoms with Gasteiger partial charge in [0.2, 0.25) is 0 Å². The van der Waals surface area contributed by atoms with Gasteiger partial charge in [0, 0.05) is 11.8 Å². The van der Waals surface area contributed by atoms with Crippen LogP contribution in [0.1, 0.15) is 11.1 Å². The summed E-state index contributed by atoms with van der Waals surface area (Å²) in [5, 5.41) is 21.5. The number of nitrogen functional groups attached to an aromatic ring is 1. The minimum atomic E-state index is 0.304. The van der Waals surface area contributed by atoms with E-state index in [4.69, 9.17) is 16.4 Å². The van der Waals surface area contributed by atoms with E-state index in [1.165, 1.54) is 11.8 Å². The summed E-state index contributed by atoms with van der Waals surface area (Å²) in [5.41, 5.74) is 3.76. The van der Waals surface area contributed by atoms with Crippen LogP contribution in [0.2, 0.25) is 0 Å². The number of anilines is 3. The zero-order valence-electron chi connectivity index (χ0n) is 11.1. The molecule has 0 unspecified atom stereocenters. The highest BCUT2D eigenvalue weighted by molar-refractivity contribution is 7.98. The SMILES string of the molecule is CSc1nc(NN)cc(Nc2ccc(C#N)c(C#N)c2)n1. The van der Waals surface area contributed by atoms with Gasteiger partial charge in [-0.05, 0) is 24.5 Å². The van der Waals surface area contributed by atoms with Gasteiger partial charge in [-0.25, -0.2) is 15.8 Å². The van der Waals surface area contributed by atoms with E-state index >= 15 is 0 Å². The Morgan fingerprint density at radius 3 is 2.43 bits per heavy atom. The molecule has 7 nitrogen and oxygen atoms in total. The van der Waals surface area contributed by atoms with Gasteiger partial charge in [-0.15, -0.1) is 0 Å². The van der Waals surface area contributed by atoms with Crippen LogP contribution in [-0.2, 0) is 0 Å². The smallest absolute Gasteiger partial charge is 0.191 e. The summed E-state index contributed by atoms with van der Waals surface area (Å²) in [5.74, 6) is 6.38. The van der Waals surface area contributed by atoms with Crippen molar-refractivity contribution in [1.82, 2.24) is 9.97 Å². The van der Waals surface area contributed by atoms with Crippen molar-refractivity contribution in [3.8, 4) is 12.1 Å². The van der Waals surface area contributed by atoms with Gasteiger partial charge in [-0.1, -0.05) is 11.8 Å². The maximum Gasteiger partial charge on any atom is 0.191 e. The fraction of sp³-hybridized carbons (Fsp3) is 0.0769. The molecule has 0 spiro atoms. The third-order valence-electron chi connectivity index (χ3n) is 2.57. The Labute approximate surface area is 125 Å². The van der Waals surface area contributed by atoms with E-state index in [0.29, 0.717) is 33.6 Å². The number of thioether (sulfide) groups is 1. The number of nitrogens with zero attached hydrogens (tertiary/aromatic N) is 4. The molecule has 1 aromatic heterocycles. The fourth-order valence-electron chi connectivity index (χ4n) is 1.61. The van der Waals surface area contributed by atoms with Gasteiger partial charge in [0.1, 0.15) is 23.8 Å². The Balaban J connectivity index is 2.34. The molecular weight excluding hydrogens is 286 g/mol. The normalized spacial score (nSPS) is 9.52. The monoisotopic (exact) mass is 297 g/mol. The van der Waals surface area contributed by atoms with Crippen LogP contribution in [-0.4, -0.2) is 16.2 Å². The van der Waals surface area contributed by atoms with Gasteiger partial charge < -0.3 is 10.7 Å². The summed E-state index contributed by atoms with van der Waals surface area (Å²) in [4.78, 5) is 8.44. The summed E-state index contributed by atoms with van der Waals surface area (Å²) in [6, 6.07) is 10.5. The van der Waals surface area contributed by atoms with Crippen molar-refractivity contribution >= 4 is 29.1 Å². The summed E-state index contributed by atoms with van der Waals surface area (Å²) >= 11 is 1.38. The van der Waals surface area contributed by atoms with Crippen LogP contribution in [0.15, 0.2) is 29.4 Å². The highest BCUT2D eigenvalue weighted by Gasteiger charge is 2.06. The number of aromatic nitrogens is 2. The van der Waals surface area contributed by atoms with Crippen LogP contribution < -0.4 is 16.6 Å². The molecule has 1 heterocycles. The molecule has 0 fully saturated rings. The lowest BCUT2D eigenvalue weighted by molar-refractivity contribution is 0.971. The van der Waals surface area contributed by atoms with Crippen molar-refractivity contribution in [2.45, 2.75) is 5.16 Å². The molecule has 104 valence electrons. The number of rotatable bonds is 4. The largest absolute Gasteiger partial charge is 0.340 e. The van der Waals surface area contributed by atoms with Gasteiger partial charge in [0.05, 0.1) is 11.1 Å². The average Bonchev–Trinajstić information content (AvgIpc) is 2.54. The van der Waals surface area contributed by atoms with Crippen molar-refractivity contribution in [2.75, 3.05) is 17.0 Å². The van der Waals surface area contributed by atoms with E-state index in [2.05, 4.69) is 20.7 Å². The van der Waals surface area contributed by atoms with Crippen LogP contribution >= 0.6 is 11.8 Å². The van der Waals surface area contributed by atoms with Crippen LogP contribution in [0.3, 0.4) is 0 Å². The number of nitriles is 2. The molecule has 2 rings (SSSR count). The quantitative estimate of drug-likeness (QED) is 0.339. The Morgan fingerprint density at radius 2 is 1.81 bits per heavy atom. The maximum absolute atomic E-state index is 9.02. The molecule has 4 N–H and O–H groups in total. The lowest BCUT2D eigenvalue weighted by Gasteiger charge is -2.09. The maximum atomic E-state index is 9.02. The van der Waals surface area contributed by atoms with Gasteiger partial charge in [-0.3, -0.25) is 0 Å². The average molecular weight is 297 g/mol. The van der Waals surface area contributed by atoms with E-state index in [-0.39, 0.29) is 0 Å². The van der Waals surface area contributed by atoms with E-state index in [1.54, 1.807) is 24.3 Å². The van der Waals surface area contributed by atoms with Gasteiger partial charge >= 0.3 is 0 Å². The molecule has 0 aliphatic heterocycles. The molecule has 21 heavy (non-hydrogen) atoms. The number of nitrogens with two attached hydrogens (primary N) is 1. The van der Waals surface area contributed by atoms with Crippen molar-refractivity contribution < 1.29 is 0 Å². The molecule has 0 radical (unpaired) electrons. The number of hydrogen-bond acceptors (Lipinski definition) is 8. The number of nitrogens with one attached hydrogen (secondary N) is 2. The lowest BCUT2D eigenvalue weighted by atomic mass is 10.1. The first-order chi connectivity index (χ1) is 10.2. The second-order valence-electron chi connectivity index (χ2n) is 3.88. The predicted octanol–water partition coefficient (Wildman–Crippen LogP) is 1.97. The van der Waals surface area contributed by atoms with Crippen LogP contribution in [0, 0.1) is 22.7 Å². The fourth-order valence-corrected chi connectivity index (χ4v) is 1.99. The Morgan fingerprint density at radius 1 is 1.10 bits per heavy atom. The first-order valence-corrected chi connectivity index (χ1v) is 7.03. The lowest BCUT2D eigenvalue weighted by Crippen LogP contribution is -2.10. The molecule has 0 saturated carbocycles. The minimum Gasteiger partial charge on any atom is -0.340 e. The summed E-state index contributed by atoms with van der Waals surface area (Å²) in [6.07, 6.45) is 1.86. The van der Waals surface area contributed by atoms with E-state index in [9.17, 15) is 0 Å². The molecule has 1 aromatic carbocycles. The van der Waals surface area contributed by atoms with E-state index in [0.717, 1.165) is 0 Å². The first kappa shape index (κ1) is 14.6. The van der Waals surface area contributed by atoms with Crippen molar-refractivity contribution in [3.05, 3.63) is 35.4 Å².